The lowest BCUT2D eigenvalue weighted by molar-refractivity contribution is -0.121. The molecule has 1 N–H and O–H groups in total. The monoisotopic (exact) mass is 377 g/mol. The Labute approximate surface area is 160 Å². The quantitative estimate of drug-likeness (QED) is 0.590. The van der Waals surface area contributed by atoms with Crippen LogP contribution >= 0.6 is 11.6 Å². The van der Waals surface area contributed by atoms with Gasteiger partial charge in [0.25, 0.3) is 0 Å². The molecular formula is C20H16ClN5O. The first-order valence-corrected chi connectivity index (χ1v) is 8.81. The van der Waals surface area contributed by atoms with Gasteiger partial charge in [-0.05, 0) is 0 Å². The average Bonchev–Trinajstić information content (AvgIpc) is 3.08. The van der Waals surface area contributed by atoms with Crippen molar-refractivity contribution in [3.8, 4) is 22.5 Å². The highest BCUT2D eigenvalue weighted by molar-refractivity contribution is 6.38. The van der Waals surface area contributed by atoms with Crippen molar-refractivity contribution < 1.29 is 4.79 Å². The molecule has 0 saturated carbocycles. The minimum atomic E-state index is -0.177. The van der Waals surface area contributed by atoms with Gasteiger partial charge in [-0.15, -0.1) is 10.2 Å². The minimum Gasteiger partial charge on any atom is -0.358 e. The Kier molecular flexibility index (Phi) is 4.56. The Hall–Kier alpha value is -3.25. The molecule has 0 aliphatic heterocycles. The summed E-state index contributed by atoms with van der Waals surface area (Å²) in [6.07, 6.45) is 0. The number of amides is 1. The van der Waals surface area contributed by atoms with Gasteiger partial charge in [-0.25, -0.2) is 4.68 Å². The summed E-state index contributed by atoms with van der Waals surface area (Å²) in [5, 5.41) is 17.0. The molecule has 27 heavy (non-hydrogen) atoms. The lowest BCUT2D eigenvalue weighted by atomic mass is 10.1. The van der Waals surface area contributed by atoms with Gasteiger partial charge in [0.2, 0.25) is 5.91 Å². The molecule has 4 aromatic rings. The maximum absolute atomic E-state index is 11.9. The van der Waals surface area contributed by atoms with Gasteiger partial charge in [0.05, 0.1) is 10.4 Å². The standard InChI is InChI=1S/C20H16ClN5O/c1-22-15(27)12-26-20-16(18(25-26)13-8-4-2-5-9-13)17(21)19(23-24-20)14-10-6-3-7-11-14/h2-11H,12H2,1H3,(H,22,27). The molecule has 2 aromatic carbocycles. The number of benzene rings is 2. The molecular weight excluding hydrogens is 362 g/mol. The van der Waals surface area contributed by atoms with Gasteiger partial charge in [-0.2, -0.15) is 5.10 Å². The van der Waals surface area contributed by atoms with E-state index in [2.05, 4.69) is 20.6 Å². The molecule has 0 unspecified atom stereocenters. The van der Waals surface area contributed by atoms with E-state index in [1.165, 1.54) is 4.68 Å². The van der Waals surface area contributed by atoms with E-state index in [-0.39, 0.29) is 12.5 Å². The zero-order valence-electron chi connectivity index (χ0n) is 14.6. The normalized spacial score (nSPS) is 10.9. The van der Waals surface area contributed by atoms with Crippen LogP contribution in [-0.2, 0) is 11.3 Å². The summed E-state index contributed by atoms with van der Waals surface area (Å²) in [6.45, 7) is 0.0372. The Morgan fingerprint density at radius 2 is 1.56 bits per heavy atom. The van der Waals surface area contributed by atoms with E-state index < -0.39 is 0 Å². The second-order valence-corrected chi connectivity index (χ2v) is 6.35. The van der Waals surface area contributed by atoms with Gasteiger partial charge < -0.3 is 5.32 Å². The fourth-order valence-corrected chi connectivity index (χ4v) is 3.24. The van der Waals surface area contributed by atoms with Crippen LogP contribution in [0.15, 0.2) is 60.7 Å². The number of nitrogens with zero attached hydrogens (tertiary/aromatic N) is 4. The molecule has 0 fully saturated rings. The summed E-state index contributed by atoms with van der Waals surface area (Å²) in [5.41, 5.74) is 3.50. The van der Waals surface area contributed by atoms with Crippen LogP contribution in [0.5, 0.6) is 0 Å². The van der Waals surface area contributed by atoms with Crippen LogP contribution in [0.4, 0.5) is 0 Å². The Morgan fingerprint density at radius 3 is 2.15 bits per heavy atom. The van der Waals surface area contributed by atoms with E-state index in [1.54, 1.807) is 7.05 Å². The lowest BCUT2D eigenvalue weighted by Gasteiger charge is -2.05. The van der Waals surface area contributed by atoms with Gasteiger partial charge >= 0.3 is 0 Å². The van der Waals surface area contributed by atoms with Crippen LogP contribution in [0.1, 0.15) is 0 Å². The first-order valence-electron chi connectivity index (χ1n) is 8.43. The molecule has 0 spiro atoms. The maximum Gasteiger partial charge on any atom is 0.241 e. The summed E-state index contributed by atoms with van der Waals surface area (Å²) >= 11 is 6.76. The molecule has 4 rings (SSSR count). The van der Waals surface area contributed by atoms with Crippen LogP contribution in [0.2, 0.25) is 5.02 Å². The average molecular weight is 378 g/mol. The number of carbonyl (C=O) groups is 1. The van der Waals surface area contributed by atoms with Crippen LogP contribution in [0, 0.1) is 0 Å². The van der Waals surface area contributed by atoms with Crippen molar-refractivity contribution in [3.05, 3.63) is 65.7 Å². The highest BCUT2D eigenvalue weighted by Gasteiger charge is 2.21. The van der Waals surface area contributed by atoms with Crippen molar-refractivity contribution in [2.45, 2.75) is 6.54 Å². The highest BCUT2D eigenvalue weighted by Crippen LogP contribution is 2.37. The van der Waals surface area contributed by atoms with Gasteiger partial charge in [-0.3, -0.25) is 4.79 Å². The van der Waals surface area contributed by atoms with Crippen molar-refractivity contribution in [1.29, 1.82) is 0 Å². The number of likely N-dealkylation sites (N-methyl/N-ethyl adjacent to an activating group) is 1. The second-order valence-electron chi connectivity index (χ2n) is 5.97. The maximum atomic E-state index is 11.9. The number of hydrogen-bond donors (Lipinski definition) is 1. The number of fused-ring (bicyclic) bond motifs is 1. The minimum absolute atomic E-state index is 0.0372. The first kappa shape index (κ1) is 17.2. The van der Waals surface area contributed by atoms with Gasteiger partial charge in [0.15, 0.2) is 5.65 Å². The third-order valence-corrected chi connectivity index (χ3v) is 4.63. The summed E-state index contributed by atoms with van der Waals surface area (Å²) < 4.78 is 1.53. The molecule has 0 saturated heterocycles. The molecule has 1 amide bonds. The predicted molar refractivity (Wildman–Crippen MR) is 105 cm³/mol. The smallest absolute Gasteiger partial charge is 0.241 e. The molecule has 2 aromatic heterocycles. The largest absolute Gasteiger partial charge is 0.358 e. The van der Waals surface area contributed by atoms with Crippen molar-refractivity contribution >= 4 is 28.5 Å². The van der Waals surface area contributed by atoms with E-state index in [9.17, 15) is 4.79 Å². The number of nitrogens with one attached hydrogen (secondary N) is 1. The topological polar surface area (TPSA) is 72.7 Å². The number of aromatic nitrogens is 4. The van der Waals surface area contributed by atoms with Crippen LogP contribution in [-0.4, -0.2) is 32.9 Å². The highest BCUT2D eigenvalue weighted by atomic mass is 35.5. The van der Waals surface area contributed by atoms with E-state index in [4.69, 9.17) is 11.6 Å². The Balaban J connectivity index is 1.98. The van der Waals surface area contributed by atoms with Crippen LogP contribution < -0.4 is 5.32 Å². The second kappa shape index (κ2) is 7.17. The van der Waals surface area contributed by atoms with E-state index in [0.29, 0.717) is 27.4 Å². The summed E-state index contributed by atoms with van der Waals surface area (Å²) in [6, 6.07) is 19.3. The molecule has 0 atom stereocenters. The predicted octanol–water partition coefficient (Wildman–Crippen LogP) is 3.56. The Bertz CT molecular complexity index is 1110. The molecule has 7 heteroatoms. The van der Waals surface area contributed by atoms with Crippen molar-refractivity contribution in [2.75, 3.05) is 7.05 Å². The third-order valence-electron chi connectivity index (χ3n) is 4.26. The number of carbonyl (C=O) groups excluding carboxylic acids is 1. The summed E-state index contributed by atoms with van der Waals surface area (Å²) in [4.78, 5) is 11.9. The van der Waals surface area contributed by atoms with E-state index in [1.807, 2.05) is 60.7 Å². The van der Waals surface area contributed by atoms with E-state index in [0.717, 1.165) is 11.1 Å². The SMILES string of the molecule is CNC(=O)Cn1nc(-c2ccccc2)c2c(Cl)c(-c3ccccc3)nnc21. The third kappa shape index (κ3) is 3.15. The zero-order valence-corrected chi connectivity index (χ0v) is 15.3. The Morgan fingerprint density at radius 1 is 0.963 bits per heavy atom. The molecule has 134 valence electrons. The van der Waals surface area contributed by atoms with Crippen LogP contribution in [0.25, 0.3) is 33.5 Å². The van der Waals surface area contributed by atoms with Crippen LogP contribution in [0.3, 0.4) is 0 Å². The molecule has 2 heterocycles. The van der Waals surface area contributed by atoms with Gasteiger partial charge in [0, 0.05) is 18.2 Å². The lowest BCUT2D eigenvalue weighted by Crippen LogP contribution is -2.24. The number of rotatable bonds is 4. The first-order chi connectivity index (χ1) is 13.2. The molecule has 0 radical (unpaired) electrons. The molecule has 6 nitrogen and oxygen atoms in total. The number of halogens is 1. The van der Waals surface area contributed by atoms with Gasteiger partial charge in [0.1, 0.15) is 17.9 Å². The molecule has 0 aliphatic rings. The molecule has 0 aliphatic carbocycles. The van der Waals surface area contributed by atoms with E-state index >= 15 is 0 Å². The summed E-state index contributed by atoms with van der Waals surface area (Å²) in [7, 11) is 1.58. The number of hydrogen-bond acceptors (Lipinski definition) is 4. The van der Waals surface area contributed by atoms with Gasteiger partial charge in [-0.1, -0.05) is 72.3 Å². The fraction of sp³-hybridized carbons (Fsp3) is 0.100. The molecule has 0 bridgehead atoms. The van der Waals surface area contributed by atoms with Crippen molar-refractivity contribution in [2.24, 2.45) is 0 Å². The fourth-order valence-electron chi connectivity index (χ4n) is 2.92. The van der Waals surface area contributed by atoms with Crippen molar-refractivity contribution in [3.63, 3.8) is 0 Å². The summed E-state index contributed by atoms with van der Waals surface area (Å²) in [5.74, 6) is -0.177. The zero-order chi connectivity index (χ0) is 18.8. The van der Waals surface area contributed by atoms with Crippen molar-refractivity contribution in [1.82, 2.24) is 25.3 Å².